The number of nitrogens with zero attached hydrogens (tertiary/aromatic N) is 5. The zero-order valence-corrected chi connectivity index (χ0v) is 21.6. The number of benzene rings is 1. The first-order valence-electron chi connectivity index (χ1n) is 12.5. The number of carbonyl (C=O) groups excluding carboxylic acids is 1. The van der Waals surface area contributed by atoms with E-state index >= 15 is 0 Å². The lowest BCUT2D eigenvalue weighted by atomic mass is 9.85. The minimum atomic E-state index is -0.321. The number of rotatable bonds is 6. The Hall–Kier alpha value is -3.13. The number of amides is 1. The summed E-state index contributed by atoms with van der Waals surface area (Å²) < 4.78 is 2.01. The molecule has 0 bridgehead atoms. The Balaban J connectivity index is 1.52. The van der Waals surface area contributed by atoms with Gasteiger partial charge >= 0.3 is 0 Å². The van der Waals surface area contributed by atoms with Crippen LogP contribution in [0.25, 0.3) is 11.2 Å². The molecular formula is C25H28Cl2N8O2. The molecule has 3 aromatic rings. The molecule has 0 spiro atoms. The maximum absolute atomic E-state index is 11.7. The molecule has 12 heteroatoms. The van der Waals surface area contributed by atoms with Crippen molar-refractivity contribution in [1.29, 1.82) is 5.26 Å². The van der Waals surface area contributed by atoms with Gasteiger partial charge in [0.15, 0.2) is 5.65 Å². The van der Waals surface area contributed by atoms with Crippen LogP contribution in [0, 0.1) is 17.2 Å². The maximum Gasteiger partial charge on any atom is 0.224 e. The van der Waals surface area contributed by atoms with Gasteiger partial charge in [-0.25, -0.2) is 9.97 Å². The van der Waals surface area contributed by atoms with Crippen LogP contribution in [-0.2, 0) is 4.79 Å². The molecule has 2 aliphatic rings. The summed E-state index contributed by atoms with van der Waals surface area (Å²) in [6, 6.07) is 5.24. The average molecular weight is 543 g/mol. The van der Waals surface area contributed by atoms with E-state index in [4.69, 9.17) is 38.9 Å². The van der Waals surface area contributed by atoms with Crippen LogP contribution in [-0.4, -0.2) is 42.7 Å². The molecular weight excluding hydrogens is 515 g/mol. The molecule has 5 rings (SSSR count). The molecule has 2 fully saturated rings. The molecule has 2 saturated carbocycles. The molecule has 1 amide bonds. The molecule has 10 nitrogen and oxygen atoms in total. The Bertz CT molecular complexity index is 1340. The van der Waals surface area contributed by atoms with Gasteiger partial charge in [-0.15, -0.1) is 0 Å². The fraction of sp³-hybridized carbons (Fsp3) is 0.480. The SMILES string of the molecule is N#Cc1cc(Cl)c(Nc2nc3cnc(N[C@@H]4CCC[C@@H](O)C4)nc3n2[C@H]2CC[C@H](C(N)=O)CC2)c(Cl)c1. The number of imidazole rings is 1. The van der Waals surface area contributed by atoms with Crippen molar-refractivity contribution in [3.05, 3.63) is 33.9 Å². The molecule has 0 saturated heterocycles. The van der Waals surface area contributed by atoms with E-state index in [1.165, 1.54) is 0 Å². The molecule has 2 atom stereocenters. The van der Waals surface area contributed by atoms with Crippen molar-refractivity contribution in [2.45, 2.75) is 69.6 Å². The lowest BCUT2D eigenvalue weighted by Gasteiger charge is -2.29. The zero-order valence-electron chi connectivity index (χ0n) is 20.1. The summed E-state index contributed by atoms with van der Waals surface area (Å²) in [4.78, 5) is 25.8. The minimum Gasteiger partial charge on any atom is -0.393 e. The van der Waals surface area contributed by atoms with Crippen LogP contribution >= 0.6 is 23.2 Å². The van der Waals surface area contributed by atoms with E-state index < -0.39 is 0 Å². The number of nitrogens with two attached hydrogens (primary N) is 1. The number of fused-ring (bicyclic) bond motifs is 1. The second-order valence-electron chi connectivity index (χ2n) is 9.83. The smallest absolute Gasteiger partial charge is 0.224 e. The molecule has 2 aliphatic carbocycles. The number of nitrogens with one attached hydrogen (secondary N) is 2. The topological polar surface area (TPSA) is 155 Å². The van der Waals surface area contributed by atoms with Gasteiger partial charge in [-0.2, -0.15) is 10.2 Å². The van der Waals surface area contributed by atoms with Crippen LogP contribution < -0.4 is 16.4 Å². The van der Waals surface area contributed by atoms with E-state index in [2.05, 4.69) is 15.6 Å². The van der Waals surface area contributed by atoms with Gasteiger partial charge in [0.2, 0.25) is 17.8 Å². The number of carbonyl (C=O) groups is 1. The summed E-state index contributed by atoms with van der Waals surface area (Å²) in [5, 5.41) is 26.5. The highest BCUT2D eigenvalue weighted by Gasteiger charge is 2.30. The predicted molar refractivity (Wildman–Crippen MR) is 142 cm³/mol. The molecule has 0 unspecified atom stereocenters. The number of halogens is 2. The standard InChI is InChI=1S/C25H28Cl2N8O2/c26-18-8-13(11-28)9-19(27)21(18)33-25-32-20-12-30-24(31-15-2-1-3-17(36)10-15)34-23(20)35(25)16-6-4-14(5-7-16)22(29)37/h8-9,12,14-17,36H,1-7,10H2,(H2,29,37)(H,32,33)(H,30,31,34)/t14-,15-,16-,17-/m1/s1. The van der Waals surface area contributed by atoms with Crippen LogP contribution in [0.3, 0.4) is 0 Å². The summed E-state index contributed by atoms with van der Waals surface area (Å²) in [6.07, 6.45) is 7.51. The van der Waals surface area contributed by atoms with Crippen molar-refractivity contribution in [2.75, 3.05) is 10.6 Å². The van der Waals surface area contributed by atoms with Crippen molar-refractivity contribution in [1.82, 2.24) is 19.5 Å². The number of hydrogen-bond acceptors (Lipinski definition) is 8. The second-order valence-corrected chi connectivity index (χ2v) is 10.6. The summed E-state index contributed by atoms with van der Waals surface area (Å²) >= 11 is 12.9. The normalized spacial score (nSPS) is 23.9. The summed E-state index contributed by atoms with van der Waals surface area (Å²) in [5.41, 5.74) is 7.58. The van der Waals surface area contributed by atoms with Crippen molar-refractivity contribution >= 4 is 57.9 Å². The first kappa shape index (κ1) is 25.5. The van der Waals surface area contributed by atoms with Crippen LogP contribution in [0.1, 0.15) is 63.0 Å². The lowest BCUT2D eigenvalue weighted by molar-refractivity contribution is -0.122. The predicted octanol–water partition coefficient (Wildman–Crippen LogP) is 4.68. The number of anilines is 3. The van der Waals surface area contributed by atoms with Gasteiger partial charge in [0.1, 0.15) is 5.52 Å². The van der Waals surface area contributed by atoms with Crippen molar-refractivity contribution in [3.63, 3.8) is 0 Å². The van der Waals surface area contributed by atoms with E-state index in [1.807, 2.05) is 10.6 Å². The summed E-state index contributed by atoms with van der Waals surface area (Å²) in [6.45, 7) is 0. The first-order valence-corrected chi connectivity index (χ1v) is 13.2. The van der Waals surface area contributed by atoms with E-state index in [9.17, 15) is 15.2 Å². The summed E-state index contributed by atoms with van der Waals surface area (Å²) in [7, 11) is 0. The van der Waals surface area contributed by atoms with Gasteiger partial charge in [-0.1, -0.05) is 23.2 Å². The maximum atomic E-state index is 11.7. The molecule has 2 heterocycles. The largest absolute Gasteiger partial charge is 0.393 e. The van der Waals surface area contributed by atoms with E-state index in [0.29, 0.717) is 63.6 Å². The van der Waals surface area contributed by atoms with Crippen molar-refractivity contribution in [3.8, 4) is 6.07 Å². The van der Waals surface area contributed by atoms with Gasteiger partial charge < -0.3 is 21.5 Å². The third kappa shape index (κ3) is 5.44. The number of aliphatic hydroxyl groups is 1. The molecule has 5 N–H and O–H groups in total. The highest BCUT2D eigenvalue weighted by Crippen LogP contribution is 2.39. The highest BCUT2D eigenvalue weighted by atomic mass is 35.5. The fourth-order valence-corrected chi connectivity index (χ4v) is 5.94. The Kier molecular flexibility index (Phi) is 7.38. The molecule has 1 aromatic carbocycles. The van der Waals surface area contributed by atoms with Crippen molar-refractivity contribution < 1.29 is 9.90 Å². The highest BCUT2D eigenvalue weighted by molar-refractivity contribution is 6.39. The second kappa shape index (κ2) is 10.7. The van der Waals surface area contributed by atoms with Crippen LogP contribution in [0.2, 0.25) is 10.0 Å². The number of primary amides is 1. The van der Waals surface area contributed by atoms with E-state index in [1.54, 1.807) is 18.3 Å². The molecule has 0 aliphatic heterocycles. The third-order valence-electron chi connectivity index (χ3n) is 7.28. The van der Waals surface area contributed by atoms with Crippen LogP contribution in [0.5, 0.6) is 0 Å². The quantitative estimate of drug-likeness (QED) is 0.349. The van der Waals surface area contributed by atoms with Gasteiger partial charge in [0.05, 0.1) is 39.7 Å². The fourth-order valence-electron chi connectivity index (χ4n) is 5.36. The first-order chi connectivity index (χ1) is 17.8. The molecule has 2 aromatic heterocycles. The van der Waals surface area contributed by atoms with Crippen molar-refractivity contribution in [2.24, 2.45) is 11.7 Å². The van der Waals surface area contributed by atoms with Crippen LogP contribution in [0.4, 0.5) is 17.6 Å². The Morgan fingerprint density at radius 2 is 1.86 bits per heavy atom. The minimum absolute atomic E-state index is 0.0123. The number of hydrogen-bond donors (Lipinski definition) is 4. The number of aliphatic hydroxyl groups excluding tert-OH is 1. The molecule has 37 heavy (non-hydrogen) atoms. The lowest BCUT2D eigenvalue weighted by Crippen LogP contribution is -2.30. The Morgan fingerprint density at radius 1 is 1.14 bits per heavy atom. The number of nitriles is 1. The van der Waals surface area contributed by atoms with Crippen LogP contribution in [0.15, 0.2) is 18.3 Å². The van der Waals surface area contributed by atoms with Gasteiger partial charge in [-0.05, 0) is 63.5 Å². The molecule has 194 valence electrons. The van der Waals surface area contributed by atoms with E-state index in [-0.39, 0.29) is 30.0 Å². The summed E-state index contributed by atoms with van der Waals surface area (Å²) in [5.74, 6) is 0.548. The third-order valence-corrected chi connectivity index (χ3v) is 7.88. The molecule has 0 radical (unpaired) electrons. The van der Waals surface area contributed by atoms with E-state index in [0.717, 1.165) is 32.1 Å². The Labute approximate surface area is 224 Å². The average Bonchev–Trinajstić information content (AvgIpc) is 3.23. The van der Waals surface area contributed by atoms with Gasteiger partial charge in [0.25, 0.3) is 0 Å². The Morgan fingerprint density at radius 3 is 2.51 bits per heavy atom. The van der Waals surface area contributed by atoms with Gasteiger partial charge in [0, 0.05) is 18.0 Å². The zero-order chi connectivity index (χ0) is 26.1. The monoisotopic (exact) mass is 542 g/mol. The number of aromatic nitrogens is 4. The van der Waals surface area contributed by atoms with Gasteiger partial charge in [-0.3, -0.25) is 9.36 Å².